The lowest BCUT2D eigenvalue weighted by Gasteiger charge is -2.15. The van der Waals surface area contributed by atoms with E-state index in [1.807, 2.05) is 6.92 Å². The lowest BCUT2D eigenvalue weighted by atomic mass is 10.0. The summed E-state index contributed by atoms with van der Waals surface area (Å²) in [7, 11) is 0. The number of nitrogens with one attached hydrogen (secondary N) is 1. The number of rotatable bonds is 4. The molecular formula is C15H12ClF3N2O2. The number of benzene rings is 1. The van der Waals surface area contributed by atoms with Crippen molar-refractivity contribution in [1.29, 1.82) is 0 Å². The minimum Gasteiger partial charge on any atom is -0.478 e. The number of carboxylic acid groups (broad SMARTS) is 1. The van der Waals surface area contributed by atoms with Gasteiger partial charge >= 0.3 is 12.1 Å². The highest BCUT2D eigenvalue weighted by Crippen LogP contribution is 2.34. The van der Waals surface area contributed by atoms with Gasteiger partial charge in [-0.15, -0.1) is 0 Å². The van der Waals surface area contributed by atoms with Crippen LogP contribution in [0.25, 0.3) is 0 Å². The topological polar surface area (TPSA) is 62.2 Å². The summed E-state index contributed by atoms with van der Waals surface area (Å²) in [5.41, 5.74) is -0.0447. The van der Waals surface area contributed by atoms with Crippen molar-refractivity contribution in [3.63, 3.8) is 0 Å². The fraction of sp³-hybridized carbons (Fsp3) is 0.200. The van der Waals surface area contributed by atoms with Gasteiger partial charge in [0.25, 0.3) is 0 Å². The zero-order valence-corrected chi connectivity index (χ0v) is 12.7. The van der Waals surface area contributed by atoms with Gasteiger partial charge in [0.15, 0.2) is 0 Å². The summed E-state index contributed by atoms with van der Waals surface area (Å²) in [4.78, 5) is 15.0. The van der Waals surface area contributed by atoms with E-state index in [-0.39, 0.29) is 22.1 Å². The molecule has 0 aliphatic heterocycles. The van der Waals surface area contributed by atoms with Crippen LogP contribution in [0.15, 0.2) is 30.5 Å². The molecule has 0 saturated heterocycles. The Kier molecular flexibility index (Phi) is 4.79. The van der Waals surface area contributed by atoms with Crippen molar-refractivity contribution in [2.24, 2.45) is 0 Å². The highest BCUT2D eigenvalue weighted by Gasteiger charge is 2.31. The molecule has 2 aromatic rings. The zero-order chi connectivity index (χ0) is 17.2. The highest BCUT2D eigenvalue weighted by molar-refractivity contribution is 6.33. The first-order chi connectivity index (χ1) is 10.7. The summed E-state index contributed by atoms with van der Waals surface area (Å²) in [6.45, 7) is 1.83. The summed E-state index contributed by atoms with van der Waals surface area (Å²) < 4.78 is 37.9. The summed E-state index contributed by atoms with van der Waals surface area (Å²) in [6, 6.07) is 5.44. The monoisotopic (exact) mass is 344 g/mol. The van der Waals surface area contributed by atoms with Crippen LogP contribution in [0, 0.1) is 0 Å². The van der Waals surface area contributed by atoms with Crippen LogP contribution in [0.3, 0.4) is 0 Å². The first-order valence-corrected chi connectivity index (χ1v) is 6.96. The maximum absolute atomic E-state index is 12.6. The van der Waals surface area contributed by atoms with Crippen LogP contribution in [-0.4, -0.2) is 16.1 Å². The van der Waals surface area contributed by atoms with E-state index in [1.54, 1.807) is 12.1 Å². The first-order valence-electron chi connectivity index (χ1n) is 6.59. The molecule has 1 aromatic carbocycles. The number of hydrogen-bond donors (Lipinski definition) is 2. The van der Waals surface area contributed by atoms with Gasteiger partial charge in [-0.05, 0) is 24.1 Å². The number of aromatic nitrogens is 1. The van der Waals surface area contributed by atoms with Crippen LogP contribution >= 0.6 is 11.6 Å². The molecule has 0 atom stereocenters. The number of aromatic carboxylic acids is 1. The smallest absolute Gasteiger partial charge is 0.417 e. The lowest BCUT2D eigenvalue weighted by molar-refractivity contribution is -0.137. The minimum absolute atomic E-state index is 0.0119. The Morgan fingerprint density at radius 1 is 1.39 bits per heavy atom. The van der Waals surface area contributed by atoms with Crippen molar-refractivity contribution in [3.8, 4) is 0 Å². The number of alkyl halides is 3. The van der Waals surface area contributed by atoms with Gasteiger partial charge in [-0.3, -0.25) is 0 Å². The van der Waals surface area contributed by atoms with E-state index in [4.69, 9.17) is 11.6 Å². The van der Waals surface area contributed by atoms with Crippen molar-refractivity contribution in [3.05, 3.63) is 52.2 Å². The van der Waals surface area contributed by atoms with Gasteiger partial charge in [0.2, 0.25) is 0 Å². The molecular weight excluding hydrogens is 333 g/mol. The third kappa shape index (κ3) is 3.73. The van der Waals surface area contributed by atoms with Crippen LogP contribution in [-0.2, 0) is 12.6 Å². The largest absolute Gasteiger partial charge is 0.478 e. The zero-order valence-electron chi connectivity index (χ0n) is 11.9. The number of halogens is 4. The third-order valence-corrected chi connectivity index (χ3v) is 3.46. The van der Waals surface area contributed by atoms with Crippen LogP contribution in [0.4, 0.5) is 24.7 Å². The van der Waals surface area contributed by atoms with Crippen LogP contribution in [0.1, 0.15) is 28.4 Å². The summed E-state index contributed by atoms with van der Waals surface area (Å²) >= 11 is 5.84. The van der Waals surface area contributed by atoms with Gasteiger partial charge in [0.1, 0.15) is 5.82 Å². The van der Waals surface area contributed by atoms with Gasteiger partial charge in [-0.2, -0.15) is 13.2 Å². The van der Waals surface area contributed by atoms with E-state index in [0.29, 0.717) is 18.2 Å². The van der Waals surface area contributed by atoms with Crippen molar-refractivity contribution in [2.45, 2.75) is 19.5 Å². The predicted molar refractivity (Wildman–Crippen MR) is 80.3 cm³/mol. The quantitative estimate of drug-likeness (QED) is 0.839. The predicted octanol–water partition coefficient (Wildman–Crippen LogP) is 4.76. The number of hydrogen-bond acceptors (Lipinski definition) is 3. The second-order valence-corrected chi connectivity index (χ2v) is 5.08. The van der Waals surface area contributed by atoms with Crippen LogP contribution in [0.2, 0.25) is 5.02 Å². The van der Waals surface area contributed by atoms with Crippen LogP contribution < -0.4 is 5.32 Å². The van der Waals surface area contributed by atoms with E-state index >= 15 is 0 Å². The van der Waals surface area contributed by atoms with E-state index in [9.17, 15) is 23.1 Å². The van der Waals surface area contributed by atoms with E-state index in [1.165, 1.54) is 6.07 Å². The molecule has 23 heavy (non-hydrogen) atoms. The Hall–Kier alpha value is -2.28. The summed E-state index contributed by atoms with van der Waals surface area (Å²) in [5, 5.41) is 11.7. The molecule has 4 nitrogen and oxygen atoms in total. The maximum atomic E-state index is 12.6. The van der Waals surface area contributed by atoms with Gasteiger partial charge in [0, 0.05) is 6.20 Å². The molecule has 2 rings (SSSR count). The van der Waals surface area contributed by atoms with Crippen molar-refractivity contribution >= 4 is 29.1 Å². The van der Waals surface area contributed by atoms with Crippen molar-refractivity contribution in [1.82, 2.24) is 4.98 Å². The fourth-order valence-electron chi connectivity index (χ4n) is 2.02. The number of aryl methyl sites for hydroxylation is 1. The maximum Gasteiger partial charge on any atom is 0.417 e. The highest BCUT2D eigenvalue weighted by atomic mass is 35.5. The molecule has 0 radical (unpaired) electrons. The summed E-state index contributed by atoms with van der Waals surface area (Å²) in [6.07, 6.45) is -3.38. The SMILES string of the molecule is CCc1cccc(C(=O)O)c1Nc1ncc(C(F)(F)F)cc1Cl. The average Bonchev–Trinajstić information content (AvgIpc) is 2.48. The fourth-order valence-corrected chi connectivity index (χ4v) is 2.24. The number of pyridine rings is 1. The average molecular weight is 345 g/mol. The van der Waals surface area contributed by atoms with Crippen LogP contribution in [0.5, 0.6) is 0 Å². The van der Waals surface area contributed by atoms with E-state index in [2.05, 4.69) is 10.3 Å². The van der Waals surface area contributed by atoms with E-state index < -0.39 is 17.7 Å². The number of nitrogens with zero attached hydrogens (tertiary/aromatic N) is 1. The normalized spacial score (nSPS) is 11.3. The minimum atomic E-state index is -4.55. The molecule has 0 aliphatic rings. The van der Waals surface area contributed by atoms with Gasteiger partial charge < -0.3 is 10.4 Å². The Labute approximate surface area is 134 Å². The standard InChI is InChI=1S/C15H12ClF3N2O2/c1-2-8-4-3-5-10(14(22)23)12(8)21-13-11(16)6-9(7-20-13)15(17,18)19/h3-7H,2H2,1H3,(H,20,21)(H,22,23). The molecule has 0 bridgehead atoms. The molecule has 1 heterocycles. The third-order valence-electron chi connectivity index (χ3n) is 3.17. The Morgan fingerprint density at radius 2 is 2.09 bits per heavy atom. The van der Waals surface area contributed by atoms with Gasteiger partial charge in [0.05, 0.1) is 21.8 Å². The molecule has 0 fully saturated rings. The molecule has 0 amide bonds. The second kappa shape index (κ2) is 6.45. The number of anilines is 2. The molecule has 2 N–H and O–H groups in total. The molecule has 0 spiro atoms. The lowest BCUT2D eigenvalue weighted by Crippen LogP contribution is -2.09. The Bertz CT molecular complexity index is 748. The molecule has 122 valence electrons. The van der Waals surface area contributed by atoms with Crippen molar-refractivity contribution < 1.29 is 23.1 Å². The molecule has 8 heteroatoms. The molecule has 0 unspecified atom stereocenters. The van der Waals surface area contributed by atoms with E-state index in [0.717, 1.165) is 6.07 Å². The van der Waals surface area contributed by atoms with Gasteiger partial charge in [-0.1, -0.05) is 30.7 Å². The second-order valence-electron chi connectivity index (χ2n) is 4.68. The molecule has 1 aromatic heterocycles. The molecule has 0 aliphatic carbocycles. The van der Waals surface area contributed by atoms with Gasteiger partial charge in [-0.25, -0.2) is 9.78 Å². The Morgan fingerprint density at radius 3 is 2.61 bits per heavy atom. The Balaban J connectivity index is 2.46. The van der Waals surface area contributed by atoms with Crippen molar-refractivity contribution in [2.75, 3.05) is 5.32 Å². The number of carbonyl (C=O) groups is 1. The first kappa shape index (κ1) is 17.1. The number of carboxylic acids is 1. The molecule has 0 saturated carbocycles. The summed E-state index contributed by atoms with van der Waals surface area (Å²) in [5.74, 6) is -1.20. The number of para-hydroxylation sites is 1.